The molecule has 1 atom stereocenters. The minimum atomic E-state index is -3.50. The highest BCUT2D eigenvalue weighted by atomic mass is 32.2. The maximum absolute atomic E-state index is 12.1. The van der Waals surface area contributed by atoms with Crippen molar-refractivity contribution >= 4 is 15.7 Å². The van der Waals surface area contributed by atoms with Crippen LogP contribution in [0.2, 0.25) is 0 Å². The second kappa shape index (κ2) is 6.72. The molecule has 0 amide bonds. The van der Waals surface area contributed by atoms with E-state index in [4.69, 9.17) is 5.11 Å². The Labute approximate surface area is 108 Å². The van der Waals surface area contributed by atoms with Crippen molar-refractivity contribution in [1.29, 1.82) is 0 Å². The van der Waals surface area contributed by atoms with Crippen LogP contribution in [0.5, 0.6) is 0 Å². The number of nitrogens with one attached hydrogen (secondary N) is 2. The molecule has 1 rings (SSSR count). The summed E-state index contributed by atoms with van der Waals surface area (Å²) >= 11 is 0. The van der Waals surface area contributed by atoms with E-state index in [0.29, 0.717) is 12.2 Å². The summed E-state index contributed by atoms with van der Waals surface area (Å²) in [5.41, 5.74) is 0.502. The Balaban J connectivity index is 3.01. The first-order valence-corrected chi connectivity index (χ1v) is 7.45. The third-order valence-corrected chi connectivity index (χ3v) is 3.91. The first-order chi connectivity index (χ1) is 8.51. The molecule has 1 unspecified atom stereocenters. The van der Waals surface area contributed by atoms with Gasteiger partial charge in [0, 0.05) is 12.6 Å². The lowest BCUT2D eigenvalue weighted by Gasteiger charge is -2.16. The van der Waals surface area contributed by atoms with Gasteiger partial charge in [0.2, 0.25) is 10.0 Å². The zero-order chi connectivity index (χ0) is 13.6. The van der Waals surface area contributed by atoms with Crippen LogP contribution < -0.4 is 10.0 Å². The van der Waals surface area contributed by atoms with Crippen molar-refractivity contribution in [3.05, 3.63) is 24.3 Å². The molecule has 1 aromatic carbocycles. The Morgan fingerprint density at radius 2 is 2.00 bits per heavy atom. The van der Waals surface area contributed by atoms with E-state index in [9.17, 15) is 8.42 Å². The molecule has 0 bridgehead atoms. The second-order valence-corrected chi connectivity index (χ2v) is 5.86. The molecule has 0 saturated carbocycles. The maximum atomic E-state index is 12.1. The molecule has 1 aromatic rings. The van der Waals surface area contributed by atoms with Crippen LogP contribution in [0.15, 0.2) is 29.2 Å². The Bertz CT molecular complexity index is 474. The predicted octanol–water partition coefficient (Wildman–Crippen LogP) is 1.17. The lowest BCUT2D eigenvalue weighted by atomic mass is 10.3. The van der Waals surface area contributed by atoms with Crippen LogP contribution in [0, 0.1) is 0 Å². The van der Waals surface area contributed by atoms with Crippen LogP contribution in [-0.4, -0.2) is 32.7 Å². The largest absolute Gasteiger partial charge is 0.394 e. The summed E-state index contributed by atoms with van der Waals surface area (Å²) in [6, 6.07) is 6.46. The Hall–Kier alpha value is -1.11. The molecule has 3 N–H and O–H groups in total. The summed E-state index contributed by atoms with van der Waals surface area (Å²) in [6.07, 6.45) is 0.738. The van der Waals surface area contributed by atoms with Crippen LogP contribution in [0.3, 0.4) is 0 Å². The summed E-state index contributed by atoms with van der Waals surface area (Å²) in [5.74, 6) is 0. The number of anilines is 1. The first-order valence-electron chi connectivity index (χ1n) is 5.97. The molecule has 0 aromatic heterocycles. The summed E-state index contributed by atoms with van der Waals surface area (Å²) in [6.45, 7) is 4.03. The summed E-state index contributed by atoms with van der Waals surface area (Å²) in [5, 5.41) is 12.0. The van der Waals surface area contributed by atoms with Crippen molar-refractivity contribution in [3.8, 4) is 0 Å². The van der Waals surface area contributed by atoms with E-state index >= 15 is 0 Å². The summed E-state index contributed by atoms with van der Waals surface area (Å²) in [7, 11) is -3.50. The molecule has 5 nitrogen and oxygen atoms in total. The van der Waals surface area contributed by atoms with E-state index in [-0.39, 0.29) is 17.5 Å². The Morgan fingerprint density at radius 3 is 2.61 bits per heavy atom. The highest BCUT2D eigenvalue weighted by molar-refractivity contribution is 7.89. The quantitative estimate of drug-likeness (QED) is 0.696. The number of aliphatic hydroxyl groups is 1. The van der Waals surface area contributed by atoms with Crippen LogP contribution >= 0.6 is 0 Å². The summed E-state index contributed by atoms with van der Waals surface area (Å²) < 4.78 is 26.7. The van der Waals surface area contributed by atoms with E-state index in [1.165, 1.54) is 0 Å². The lowest BCUT2D eigenvalue weighted by Crippen LogP contribution is -2.27. The molecule has 0 aliphatic rings. The molecule has 0 spiro atoms. The third kappa shape index (κ3) is 3.97. The molecule has 0 radical (unpaired) electrons. The zero-order valence-corrected chi connectivity index (χ0v) is 11.5. The van der Waals surface area contributed by atoms with Crippen molar-refractivity contribution in [2.24, 2.45) is 0 Å². The maximum Gasteiger partial charge on any atom is 0.242 e. The fraction of sp³-hybridized carbons (Fsp3) is 0.500. The van der Waals surface area contributed by atoms with Gasteiger partial charge in [0.1, 0.15) is 4.90 Å². The van der Waals surface area contributed by atoms with Gasteiger partial charge in [0.05, 0.1) is 12.3 Å². The van der Waals surface area contributed by atoms with E-state index in [1.807, 2.05) is 6.92 Å². The van der Waals surface area contributed by atoms with E-state index < -0.39 is 10.0 Å². The topological polar surface area (TPSA) is 78.4 Å². The van der Waals surface area contributed by atoms with Gasteiger partial charge in [-0.25, -0.2) is 13.1 Å². The zero-order valence-electron chi connectivity index (χ0n) is 10.7. The van der Waals surface area contributed by atoms with Crippen LogP contribution in [0.1, 0.15) is 20.3 Å². The van der Waals surface area contributed by atoms with Crippen LogP contribution in [-0.2, 0) is 10.0 Å². The molecule has 0 heterocycles. The lowest BCUT2D eigenvalue weighted by molar-refractivity contribution is 0.281. The van der Waals surface area contributed by atoms with Crippen molar-refractivity contribution in [2.75, 3.05) is 18.5 Å². The minimum Gasteiger partial charge on any atom is -0.394 e. The highest BCUT2D eigenvalue weighted by Gasteiger charge is 2.17. The molecule has 0 aliphatic carbocycles. The number of hydrogen-bond donors (Lipinski definition) is 3. The molecule has 102 valence electrons. The van der Waals surface area contributed by atoms with Crippen molar-refractivity contribution in [2.45, 2.75) is 31.2 Å². The van der Waals surface area contributed by atoms with Crippen molar-refractivity contribution < 1.29 is 13.5 Å². The molecular weight excluding hydrogens is 252 g/mol. The van der Waals surface area contributed by atoms with Gasteiger partial charge in [0.15, 0.2) is 0 Å². The standard InChI is InChI=1S/C12H20N2O3S/c1-3-8-13-18(16,17)12-7-5-4-6-11(12)14-10(2)9-15/h4-7,10,13-15H,3,8-9H2,1-2H3. The van der Waals surface area contributed by atoms with Gasteiger partial charge in [-0.2, -0.15) is 0 Å². The molecule has 0 fully saturated rings. The van der Waals surface area contributed by atoms with Gasteiger partial charge >= 0.3 is 0 Å². The van der Waals surface area contributed by atoms with E-state index in [2.05, 4.69) is 10.0 Å². The molecule has 0 saturated heterocycles. The SMILES string of the molecule is CCCNS(=O)(=O)c1ccccc1NC(C)CO. The molecular formula is C12H20N2O3S. The molecule has 0 aliphatic heterocycles. The normalized spacial score (nSPS) is 13.3. The number of benzene rings is 1. The van der Waals surface area contributed by atoms with Crippen molar-refractivity contribution in [3.63, 3.8) is 0 Å². The molecule has 18 heavy (non-hydrogen) atoms. The third-order valence-electron chi connectivity index (χ3n) is 2.39. The Kier molecular flexibility index (Phi) is 5.58. The van der Waals surface area contributed by atoms with Gasteiger partial charge in [-0.15, -0.1) is 0 Å². The van der Waals surface area contributed by atoms with Crippen LogP contribution in [0.4, 0.5) is 5.69 Å². The van der Waals surface area contributed by atoms with Gasteiger partial charge in [0.25, 0.3) is 0 Å². The smallest absolute Gasteiger partial charge is 0.242 e. The molecule has 6 heteroatoms. The summed E-state index contributed by atoms with van der Waals surface area (Å²) in [4.78, 5) is 0.207. The van der Waals surface area contributed by atoms with E-state index in [1.54, 1.807) is 31.2 Å². The number of sulfonamides is 1. The van der Waals surface area contributed by atoms with Gasteiger partial charge in [-0.1, -0.05) is 19.1 Å². The average Bonchev–Trinajstić information content (AvgIpc) is 2.36. The predicted molar refractivity (Wildman–Crippen MR) is 72.1 cm³/mol. The van der Waals surface area contributed by atoms with Gasteiger partial charge in [-0.3, -0.25) is 0 Å². The minimum absolute atomic E-state index is 0.0588. The number of rotatable bonds is 7. The number of para-hydroxylation sites is 1. The van der Waals surface area contributed by atoms with Gasteiger partial charge < -0.3 is 10.4 Å². The Morgan fingerprint density at radius 1 is 1.33 bits per heavy atom. The van der Waals surface area contributed by atoms with Crippen LogP contribution in [0.25, 0.3) is 0 Å². The highest BCUT2D eigenvalue weighted by Crippen LogP contribution is 2.21. The van der Waals surface area contributed by atoms with Gasteiger partial charge in [-0.05, 0) is 25.5 Å². The van der Waals surface area contributed by atoms with E-state index in [0.717, 1.165) is 6.42 Å². The fourth-order valence-electron chi connectivity index (χ4n) is 1.45. The fourth-order valence-corrected chi connectivity index (χ4v) is 2.75. The first kappa shape index (κ1) is 14.9. The number of hydrogen-bond acceptors (Lipinski definition) is 4. The monoisotopic (exact) mass is 272 g/mol. The number of aliphatic hydroxyl groups excluding tert-OH is 1. The second-order valence-electron chi connectivity index (χ2n) is 4.12. The average molecular weight is 272 g/mol. The van der Waals surface area contributed by atoms with Crippen molar-refractivity contribution in [1.82, 2.24) is 4.72 Å².